The van der Waals surface area contributed by atoms with Crippen molar-refractivity contribution in [1.82, 2.24) is 19.5 Å². The molecule has 2 saturated heterocycles. The van der Waals surface area contributed by atoms with Crippen molar-refractivity contribution >= 4 is 15.9 Å². The summed E-state index contributed by atoms with van der Waals surface area (Å²) in [6.07, 6.45) is 5.72. The molecule has 7 nitrogen and oxygen atoms in total. The van der Waals surface area contributed by atoms with Crippen molar-refractivity contribution in [2.75, 3.05) is 32.7 Å². The first-order chi connectivity index (χ1) is 12.4. The Kier molecular flexibility index (Phi) is 6.04. The molecule has 2 aliphatic heterocycles. The highest BCUT2D eigenvalue weighted by atomic mass is 32.2. The topological polar surface area (TPSA) is 83.4 Å². The standard InChI is InChI=1S/C18H30N4O3S/c1-14-5-4-8-22(12-14)26(24,25)16-9-17(21(2)13-16)18(23)20-11-15-6-3-7-19-10-15/h9,13-15,19H,3-8,10-12H2,1-2H3,(H,20,23). The molecule has 1 aromatic rings. The maximum absolute atomic E-state index is 12.9. The van der Waals surface area contributed by atoms with Crippen LogP contribution in [0.25, 0.3) is 0 Å². The van der Waals surface area contributed by atoms with Gasteiger partial charge in [0.25, 0.3) is 5.91 Å². The second kappa shape index (κ2) is 8.10. The molecule has 1 aromatic heterocycles. The molecular weight excluding hydrogens is 352 g/mol. The number of aryl methyl sites for hydroxylation is 1. The molecule has 0 saturated carbocycles. The number of hydrogen-bond acceptors (Lipinski definition) is 4. The van der Waals surface area contributed by atoms with E-state index in [1.807, 2.05) is 0 Å². The number of carbonyl (C=O) groups excluding carboxylic acids is 1. The summed E-state index contributed by atoms with van der Waals surface area (Å²) in [4.78, 5) is 12.7. The Labute approximate surface area is 156 Å². The molecule has 0 bridgehead atoms. The third kappa shape index (κ3) is 4.29. The number of aromatic nitrogens is 1. The van der Waals surface area contributed by atoms with Gasteiger partial charge >= 0.3 is 0 Å². The van der Waals surface area contributed by atoms with Gasteiger partial charge in [0.15, 0.2) is 0 Å². The van der Waals surface area contributed by atoms with Gasteiger partial charge in [-0.2, -0.15) is 4.31 Å². The first-order valence-corrected chi connectivity index (χ1v) is 11.0. The summed E-state index contributed by atoms with van der Waals surface area (Å²) >= 11 is 0. The summed E-state index contributed by atoms with van der Waals surface area (Å²) in [6.45, 7) is 5.75. The van der Waals surface area contributed by atoms with E-state index in [0.717, 1.165) is 38.8 Å². The Morgan fingerprint density at radius 1 is 1.35 bits per heavy atom. The molecule has 26 heavy (non-hydrogen) atoms. The summed E-state index contributed by atoms with van der Waals surface area (Å²) in [6, 6.07) is 1.50. The summed E-state index contributed by atoms with van der Waals surface area (Å²) < 4.78 is 29.0. The Hall–Kier alpha value is -1.38. The highest BCUT2D eigenvalue weighted by Gasteiger charge is 2.30. The van der Waals surface area contributed by atoms with E-state index in [4.69, 9.17) is 0 Å². The molecule has 3 rings (SSSR count). The largest absolute Gasteiger partial charge is 0.350 e. The van der Waals surface area contributed by atoms with Crippen molar-refractivity contribution in [1.29, 1.82) is 0 Å². The lowest BCUT2D eigenvalue weighted by molar-refractivity contribution is 0.0936. The average Bonchev–Trinajstić information content (AvgIpc) is 3.03. The smallest absolute Gasteiger partial charge is 0.267 e. The maximum Gasteiger partial charge on any atom is 0.267 e. The number of sulfonamides is 1. The van der Waals surface area contributed by atoms with Crippen LogP contribution in [0.2, 0.25) is 0 Å². The first kappa shape index (κ1) is 19.4. The summed E-state index contributed by atoms with van der Waals surface area (Å²) in [5.41, 5.74) is 0.386. The predicted molar refractivity (Wildman–Crippen MR) is 100 cm³/mol. The minimum Gasteiger partial charge on any atom is -0.350 e. The van der Waals surface area contributed by atoms with Gasteiger partial charge in [0.05, 0.1) is 0 Å². The van der Waals surface area contributed by atoms with Crippen LogP contribution in [-0.4, -0.2) is 55.9 Å². The van der Waals surface area contributed by atoms with Crippen molar-refractivity contribution in [3.05, 3.63) is 18.0 Å². The van der Waals surface area contributed by atoms with Crippen LogP contribution in [0.4, 0.5) is 0 Å². The van der Waals surface area contributed by atoms with Crippen LogP contribution in [0.5, 0.6) is 0 Å². The van der Waals surface area contributed by atoms with Gasteiger partial charge in [-0.15, -0.1) is 0 Å². The highest BCUT2D eigenvalue weighted by molar-refractivity contribution is 7.89. The molecule has 0 aromatic carbocycles. The van der Waals surface area contributed by atoms with Crippen LogP contribution >= 0.6 is 0 Å². The Bertz CT molecular complexity index is 738. The van der Waals surface area contributed by atoms with E-state index in [2.05, 4.69) is 17.6 Å². The lowest BCUT2D eigenvalue weighted by Crippen LogP contribution is -2.39. The molecule has 2 aliphatic rings. The van der Waals surface area contributed by atoms with Crippen molar-refractivity contribution in [3.63, 3.8) is 0 Å². The molecule has 2 atom stereocenters. The molecule has 146 valence electrons. The molecule has 2 unspecified atom stereocenters. The molecular formula is C18H30N4O3S. The van der Waals surface area contributed by atoms with Crippen LogP contribution in [0.3, 0.4) is 0 Å². The maximum atomic E-state index is 12.9. The third-order valence-electron chi connectivity index (χ3n) is 5.42. The van der Waals surface area contributed by atoms with E-state index >= 15 is 0 Å². The van der Waals surface area contributed by atoms with Gasteiger partial charge in [-0.1, -0.05) is 6.92 Å². The van der Waals surface area contributed by atoms with E-state index in [0.29, 0.717) is 37.2 Å². The third-order valence-corrected chi connectivity index (χ3v) is 7.25. The zero-order valence-electron chi connectivity index (χ0n) is 15.7. The first-order valence-electron chi connectivity index (χ1n) is 9.53. The lowest BCUT2D eigenvalue weighted by Gasteiger charge is -2.29. The van der Waals surface area contributed by atoms with Crippen molar-refractivity contribution in [2.24, 2.45) is 18.9 Å². The Balaban J connectivity index is 1.68. The molecule has 2 fully saturated rings. The van der Waals surface area contributed by atoms with Gasteiger partial charge in [0.2, 0.25) is 10.0 Å². The van der Waals surface area contributed by atoms with Crippen molar-refractivity contribution < 1.29 is 13.2 Å². The molecule has 1 amide bonds. The van der Waals surface area contributed by atoms with Crippen molar-refractivity contribution in [3.8, 4) is 0 Å². The number of nitrogens with zero attached hydrogens (tertiary/aromatic N) is 2. The highest BCUT2D eigenvalue weighted by Crippen LogP contribution is 2.24. The number of rotatable bonds is 5. The minimum atomic E-state index is -3.54. The second-order valence-electron chi connectivity index (χ2n) is 7.70. The quantitative estimate of drug-likeness (QED) is 0.801. The summed E-state index contributed by atoms with van der Waals surface area (Å²) in [7, 11) is -1.83. The summed E-state index contributed by atoms with van der Waals surface area (Å²) in [5.74, 6) is 0.589. The van der Waals surface area contributed by atoms with Gasteiger partial charge < -0.3 is 15.2 Å². The molecule has 8 heteroatoms. The molecule has 0 aliphatic carbocycles. The van der Waals surface area contributed by atoms with Gasteiger partial charge in [-0.25, -0.2) is 8.42 Å². The SMILES string of the molecule is CC1CCCN(S(=O)(=O)c2cc(C(=O)NCC3CCCNC3)n(C)c2)C1. The molecule has 3 heterocycles. The molecule has 0 radical (unpaired) electrons. The van der Waals surface area contributed by atoms with Gasteiger partial charge in [-0.05, 0) is 56.7 Å². The van der Waals surface area contributed by atoms with Crippen LogP contribution in [0.15, 0.2) is 17.2 Å². The second-order valence-corrected chi connectivity index (χ2v) is 9.64. The van der Waals surface area contributed by atoms with Gasteiger partial charge in [-0.3, -0.25) is 4.79 Å². The number of amides is 1. The van der Waals surface area contributed by atoms with Crippen molar-refractivity contribution in [2.45, 2.75) is 37.5 Å². The number of nitrogens with one attached hydrogen (secondary N) is 2. The Morgan fingerprint density at radius 3 is 2.85 bits per heavy atom. The van der Waals surface area contributed by atoms with E-state index in [1.165, 1.54) is 6.07 Å². The summed E-state index contributed by atoms with van der Waals surface area (Å²) in [5, 5.41) is 6.28. The van der Waals surface area contributed by atoms with Gasteiger partial charge in [0.1, 0.15) is 10.6 Å². The van der Waals surface area contributed by atoms with E-state index in [1.54, 1.807) is 22.1 Å². The predicted octanol–water partition coefficient (Wildman–Crippen LogP) is 1.18. The minimum absolute atomic E-state index is 0.207. The zero-order valence-corrected chi connectivity index (χ0v) is 16.5. The molecule has 0 spiro atoms. The lowest BCUT2D eigenvalue weighted by atomic mass is 10.00. The monoisotopic (exact) mass is 382 g/mol. The fraction of sp³-hybridized carbons (Fsp3) is 0.722. The number of hydrogen-bond donors (Lipinski definition) is 2. The number of piperidine rings is 2. The fourth-order valence-electron chi connectivity index (χ4n) is 3.84. The van der Waals surface area contributed by atoms with Crippen LogP contribution < -0.4 is 10.6 Å². The average molecular weight is 383 g/mol. The fourth-order valence-corrected chi connectivity index (χ4v) is 5.51. The van der Waals surface area contributed by atoms with E-state index in [-0.39, 0.29) is 10.8 Å². The molecule has 2 N–H and O–H groups in total. The Morgan fingerprint density at radius 2 is 2.15 bits per heavy atom. The van der Waals surface area contributed by atoms with E-state index < -0.39 is 10.0 Å². The van der Waals surface area contributed by atoms with Crippen LogP contribution in [0, 0.1) is 11.8 Å². The van der Waals surface area contributed by atoms with E-state index in [9.17, 15) is 13.2 Å². The van der Waals surface area contributed by atoms with Crippen LogP contribution in [0.1, 0.15) is 43.1 Å². The number of carbonyl (C=O) groups is 1. The zero-order chi connectivity index (χ0) is 18.7. The van der Waals surface area contributed by atoms with Crippen LogP contribution in [-0.2, 0) is 17.1 Å². The van der Waals surface area contributed by atoms with Gasteiger partial charge in [0, 0.05) is 32.9 Å². The normalized spacial score (nSPS) is 25.2.